The summed E-state index contributed by atoms with van der Waals surface area (Å²) in [6, 6.07) is 9.25. The maximum atomic E-state index is 12.7. The van der Waals surface area contributed by atoms with E-state index in [9.17, 15) is 4.79 Å². The number of benzene rings is 1. The number of H-pyrrole nitrogens is 1. The third kappa shape index (κ3) is 3.74. The first-order valence-corrected chi connectivity index (χ1v) is 8.30. The number of rotatable bonds is 4. The number of nitrogens with zero attached hydrogens (tertiary/aromatic N) is 2. The SMILES string of the molecule is CNCC1CCCN(C(=O)c2cc(-c3ccc(Cl)cc3)n[nH]2)C1. The van der Waals surface area contributed by atoms with Crippen molar-refractivity contribution in [2.45, 2.75) is 12.8 Å². The van der Waals surface area contributed by atoms with Gasteiger partial charge in [-0.05, 0) is 50.6 Å². The van der Waals surface area contributed by atoms with Crippen LogP contribution in [-0.4, -0.2) is 47.7 Å². The second-order valence-electron chi connectivity index (χ2n) is 5.99. The molecule has 5 nitrogen and oxygen atoms in total. The second kappa shape index (κ2) is 7.15. The van der Waals surface area contributed by atoms with Crippen LogP contribution >= 0.6 is 11.6 Å². The molecule has 1 aromatic heterocycles. The predicted molar refractivity (Wildman–Crippen MR) is 91.6 cm³/mol. The molecule has 23 heavy (non-hydrogen) atoms. The van der Waals surface area contributed by atoms with Crippen LogP contribution in [0.2, 0.25) is 5.02 Å². The highest BCUT2D eigenvalue weighted by atomic mass is 35.5. The standard InChI is InChI=1S/C17H21ClN4O/c1-19-10-12-3-2-8-22(11-12)17(23)16-9-15(20-21-16)13-4-6-14(18)7-5-13/h4-7,9,12,19H,2-3,8,10-11H2,1H3,(H,20,21). The van der Waals surface area contributed by atoms with E-state index >= 15 is 0 Å². The van der Waals surface area contributed by atoms with Gasteiger partial charge in [0.25, 0.3) is 5.91 Å². The van der Waals surface area contributed by atoms with E-state index in [1.54, 1.807) is 0 Å². The van der Waals surface area contributed by atoms with Crippen molar-refractivity contribution < 1.29 is 4.79 Å². The van der Waals surface area contributed by atoms with Gasteiger partial charge in [0, 0.05) is 23.7 Å². The van der Waals surface area contributed by atoms with Gasteiger partial charge in [-0.1, -0.05) is 23.7 Å². The van der Waals surface area contributed by atoms with E-state index in [1.165, 1.54) is 6.42 Å². The molecule has 1 unspecified atom stereocenters. The Kier molecular flexibility index (Phi) is 4.98. The van der Waals surface area contributed by atoms with Crippen LogP contribution in [0.3, 0.4) is 0 Å². The van der Waals surface area contributed by atoms with Gasteiger partial charge >= 0.3 is 0 Å². The van der Waals surface area contributed by atoms with Crippen molar-refractivity contribution in [2.75, 3.05) is 26.7 Å². The van der Waals surface area contributed by atoms with E-state index in [4.69, 9.17) is 11.6 Å². The molecule has 1 saturated heterocycles. The third-order valence-electron chi connectivity index (χ3n) is 4.25. The molecule has 1 aliphatic rings. The molecular formula is C17H21ClN4O. The third-order valence-corrected chi connectivity index (χ3v) is 4.50. The van der Waals surface area contributed by atoms with Crippen LogP contribution in [-0.2, 0) is 0 Å². The minimum Gasteiger partial charge on any atom is -0.337 e. The Hall–Kier alpha value is -1.85. The zero-order valence-electron chi connectivity index (χ0n) is 13.2. The van der Waals surface area contributed by atoms with Crippen LogP contribution in [0.5, 0.6) is 0 Å². The number of halogens is 1. The normalized spacial score (nSPS) is 18.2. The average molecular weight is 333 g/mol. The van der Waals surface area contributed by atoms with Crippen LogP contribution in [0, 0.1) is 5.92 Å². The average Bonchev–Trinajstić information content (AvgIpc) is 3.05. The zero-order valence-corrected chi connectivity index (χ0v) is 13.9. The highest BCUT2D eigenvalue weighted by Gasteiger charge is 2.25. The maximum Gasteiger partial charge on any atom is 0.271 e. The quantitative estimate of drug-likeness (QED) is 0.905. The molecule has 122 valence electrons. The van der Waals surface area contributed by atoms with Gasteiger partial charge in [0.2, 0.25) is 0 Å². The number of carbonyl (C=O) groups excluding carboxylic acids is 1. The lowest BCUT2D eigenvalue weighted by atomic mass is 9.98. The summed E-state index contributed by atoms with van der Waals surface area (Å²) in [6.07, 6.45) is 2.22. The highest BCUT2D eigenvalue weighted by Crippen LogP contribution is 2.22. The topological polar surface area (TPSA) is 61.0 Å². The van der Waals surface area contributed by atoms with Gasteiger partial charge in [-0.25, -0.2) is 0 Å². The molecule has 0 saturated carbocycles. The van der Waals surface area contributed by atoms with Crippen LogP contribution < -0.4 is 5.32 Å². The molecule has 6 heteroatoms. The summed E-state index contributed by atoms with van der Waals surface area (Å²) in [6.45, 7) is 2.56. The number of likely N-dealkylation sites (tertiary alicyclic amines) is 1. The summed E-state index contributed by atoms with van der Waals surface area (Å²) >= 11 is 5.90. The lowest BCUT2D eigenvalue weighted by molar-refractivity contribution is 0.0668. The zero-order chi connectivity index (χ0) is 16.2. The van der Waals surface area contributed by atoms with Gasteiger partial charge in [0.15, 0.2) is 0 Å². The van der Waals surface area contributed by atoms with E-state index < -0.39 is 0 Å². The second-order valence-corrected chi connectivity index (χ2v) is 6.43. The number of aromatic nitrogens is 2. The van der Waals surface area contributed by atoms with Crippen molar-refractivity contribution in [3.8, 4) is 11.3 Å². The van der Waals surface area contributed by atoms with Crippen molar-refractivity contribution in [1.82, 2.24) is 20.4 Å². The van der Waals surface area contributed by atoms with Crippen molar-refractivity contribution in [2.24, 2.45) is 5.92 Å². The molecule has 1 aliphatic heterocycles. The summed E-state index contributed by atoms with van der Waals surface area (Å²) in [5.74, 6) is 0.551. The molecule has 2 N–H and O–H groups in total. The number of hydrogen-bond acceptors (Lipinski definition) is 3. The minimum atomic E-state index is 0.0264. The molecule has 0 bridgehead atoms. The lowest BCUT2D eigenvalue weighted by Gasteiger charge is -2.32. The smallest absolute Gasteiger partial charge is 0.271 e. The monoisotopic (exact) mass is 332 g/mol. The van der Waals surface area contributed by atoms with Crippen molar-refractivity contribution in [3.63, 3.8) is 0 Å². The lowest BCUT2D eigenvalue weighted by Crippen LogP contribution is -2.42. The summed E-state index contributed by atoms with van der Waals surface area (Å²) < 4.78 is 0. The molecule has 1 amide bonds. The number of aromatic amines is 1. The molecule has 2 heterocycles. The summed E-state index contributed by atoms with van der Waals surface area (Å²) in [5.41, 5.74) is 2.24. The van der Waals surface area contributed by atoms with E-state index in [0.717, 1.165) is 37.3 Å². The molecule has 3 rings (SSSR count). The number of nitrogens with one attached hydrogen (secondary N) is 2. The Bertz CT molecular complexity index is 665. The Morgan fingerprint density at radius 1 is 1.43 bits per heavy atom. The summed E-state index contributed by atoms with van der Waals surface area (Å²) in [5, 5.41) is 11.0. The Morgan fingerprint density at radius 2 is 2.22 bits per heavy atom. The number of piperidine rings is 1. The van der Waals surface area contributed by atoms with Crippen LogP contribution in [0.25, 0.3) is 11.3 Å². The molecule has 1 atom stereocenters. The van der Waals surface area contributed by atoms with Gasteiger partial charge in [-0.2, -0.15) is 5.10 Å². The molecule has 0 aliphatic carbocycles. The fourth-order valence-electron chi connectivity index (χ4n) is 3.07. The number of amides is 1. The predicted octanol–water partition coefficient (Wildman–Crippen LogP) is 2.80. The Labute approximate surface area is 141 Å². The number of hydrogen-bond donors (Lipinski definition) is 2. The van der Waals surface area contributed by atoms with Gasteiger partial charge in [-0.15, -0.1) is 0 Å². The molecule has 2 aromatic rings. The molecule has 1 aromatic carbocycles. The van der Waals surface area contributed by atoms with Crippen molar-refractivity contribution in [3.05, 3.63) is 41.0 Å². The van der Waals surface area contributed by atoms with Gasteiger partial charge in [0.1, 0.15) is 5.69 Å². The largest absolute Gasteiger partial charge is 0.337 e. The molecular weight excluding hydrogens is 312 g/mol. The maximum absolute atomic E-state index is 12.7. The summed E-state index contributed by atoms with van der Waals surface area (Å²) in [4.78, 5) is 14.6. The van der Waals surface area contributed by atoms with Gasteiger partial charge in [-0.3, -0.25) is 9.89 Å². The molecule has 0 spiro atoms. The first-order valence-electron chi connectivity index (χ1n) is 7.92. The van der Waals surface area contributed by atoms with E-state index in [2.05, 4.69) is 15.5 Å². The van der Waals surface area contributed by atoms with E-state index in [-0.39, 0.29) is 5.91 Å². The molecule has 0 radical (unpaired) electrons. The fraction of sp³-hybridized carbons (Fsp3) is 0.412. The van der Waals surface area contributed by atoms with Crippen molar-refractivity contribution >= 4 is 17.5 Å². The van der Waals surface area contributed by atoms with Crippen LogP contribution in [0.15, 0.2) is 30.3 Å². The molecule has 1 fully saturated rings. The highest BCUT2D eigenvalue weighted by molar-refractivity contribution is 6.30. The van der Waals surface area contributed by atoms with E-state index in [0.29, 0.717) is 16.6 Å². The van der Waals surface area contributed by atoms with Gasteiger partial charge in [0.05, 0.1) is 5.69 Å². The van der Waals surface area contributed by atoms with E-state index in [1.807, 2.05) is 42.3 Å². The minimum absolute atomic E-state index is 0.0264. The van der Waals surface area contributed by atoms with Crippen LogP contribution in [0.4, 0.5) is 0 Å². The van der Waals surface area contributed by atoms with Crippen molar-refractivity contribution in [1.29, 1.82) is 0 Å². The number of carbonyl (C=O) groups is 1. The van der Waals surface area contributed by atoms with Gasteiger partial charge < -0.3 is 10.2 Å². The Balaban J connectivity index is 1.72. The first kappa shape index (κ1) is 16.0. The Morgan fingerprint density at radius 3 is 2.96 bits per heavy atom. The fourth-order valence-corrected chi connectivity index (χ4v) is 3.20. The van der Waals surface area contributed by atoms with Crippen LogP contribution in [0.1, 0.15) is 23.3 Å². The first-order chi connectivity index (χ1) is 11.2. The summed E-state index contributed by atoms with van der Waals surface area (Å²) in [7, 11) is 1.95.